The highest BCUT2D eigenvalue weighted by molar-refractivity contribution is 7.89. The molecule has 1 saturated heterocycles. The van der Waals surface area contributed by atoms with Gasteiger partial charge in [0.1, 0.15) is 0 Å². The normalized spacial score (nSPS) is 15.0. The molecule has 2 aromatic rings. The maximum absolute atomic E-state index is 12.7. The van der Waals surface area contributed by atoms with Crippen LogP contribution in [0.2, 0.25) is 0 Å². The maximum Gasteiger partial charge on any atom is 0.259 e. The molecule has 0 radical (unpaired) electrons. The van der Waals surface area contributed by atoms with Gasteiger partial charge in [-0.2, -0.15) is 9.41 Å². The molecule has 164 valence electrons. The van der Waals surface area contributed by atoms with Crippen molar-refractivity contribution in [1.82, 2.24) is 15.0 Å². The van der Waals surface area contributed by atoms with Crippen molar-refractivity contribution < 1.29 is 18.0 Å². The SMILES string of the molecule is Cc1ccc(/C=N/NC(=O)CNC(=O)c2ccc(S(=O)(=O)N3CCCCC3)cc2)cc1. The molecular weight excluding hydrogens is 416 g/mol. The third-order valence-electron chi connectivity index (χ3n) is 4.96. The van der Waals surface area contributed by atoms with Crippen LogP contribution in [-0.4, -0.2) is 50.4 Å². The van der Waals surface area contributed by atoms with E-state index in [2.05, 4.69) is 15.8 Å². The zero-order valence-electron chi connectivity index (χ0n) is 17.4. The molecule has 0 saturated carbocycles. The van der Waals surface area contributed by atoms with E-state index in [1.807, 2.05) is 31.2 Å². The van der Waals surface area contributed by atoms with Crippen molar-refractivity contribution in [3.05, 3.63) is 65.2 Å². The van der Waals surface area contributed by atoms with E-state index in [1.54, 1.807) is 0 Å². The molecule has 3 rings (SSSR count). The van der Waals surface area contributed by atoms with E-state index in [4.69, 9.17) is 0 Å². The number of nitrogens with zero attached hydrogens (tertiary/aromatic N) is 2. The molecular formula is C22H26N4O4S. The lowest BCUT2D eigenvalue weighted by atomic mass is 10.2. The van der Waals surface area contributed by atoms with Gasteiger partial charge >= 0.3 is 0 Å². The number of carbonyl (C=O) groups excluding carboxylic acids is 2. The van der Waals surface area contributed by atoms with Crippen LogP contribution in [0.1, 0.15) is 40.7 Å². The number of hydrazone groups is 1. The highest BCUT2D eigenvalue weighted by Gasteiger charge is 2.25. The van der Waals surface area contributed by atoms with Gasteiger partial charge in [0.2, 0.25) is 10.0 Å². The Morgan fingerprint density at radius 2 is 1.65 bits per heavy atom. The van der Waals surface area contributed by atoms with Crippen LogP contribution in [-0.2, 0) is 14.8 Å². The minimum Gasteiger partial charge on any atom is -0.343 e. The molecule has 0 bridgehead atoms. The molecule has 1 aliphatic rings. The Morgan fingerprint density at radius 1 is 1.00 bits per heavy atom. The first kappa shape index (κ1) is 22.6. The van der Waals surface area contributed by atoms with E-state index in [9.17, 15) is 18.0 Å². The van der Waals surface area contributed by atoms with Crippen LogP contribution in [0.25, 0.3) is 0 Å². The predicted molar refractivity (Wildman–Crippen MR) is 118 cm³/mol. The first-order chi connectivity index (χ1) is 14.9. The Balaban J connectivity index is 1.50. The van der Waals surface area contributed by atoms with Gasteiger partial charge in [0.05, 0.1) is 17.7 Å². The number of carbonyl (C=O) groups is 2. The van der Waals surface area contributed by atoms with Gasteiger partial charge in [-0.05, 0) is 49.6 Å². The zero-order chi connectivity index (χ0) is 22.3. The van der Waals surface area contributed by atoms with Crippen LogP contribution in [0.5, 0.6) is 0 Å². The fourth-order valence-corrected chi connectivity index (χ4v) is 4.68. The standard InChI is InChI=1S/C22H26N4O4S/c1-17-5-7-18(8-6-17)15-24-25-21(27)16-23-22(28)19-9-11-20(12-10-19)31(29,30)26-13-3-2-4-14-26/h5-12,15H,2-4,13-14,16H2,1H3,(H,23,28)(H,25,27)/b24-15+. The van der Waals surface area contributed by atoms with Crippen LogP contribution in [0, 0.1) is 6.92 Å². The van der Waals surface area contributed by atoms with E-state index in [0.717, 1.165) is 30.4 Å². The van der Waals surface area contributed by atoms with Crippen molar-refractivity contribution in [3.63, 3.8) is 0 Å². The van der Waals surface area contributed by atoms with E-state index in [1.165, 1.54) is 34.8 Å². The molecule has 2 amide bonds. The van der Waals surface area contributed by atoms with Crippen LogP contribution < -0.4 is 10.7 Å². The number of sulfonamides is 1. The summed E-state index contributed by atoms with van der Waals surface area (Å²) in [6, 6.07) is 13.4. The number of benzene rings is 2. The van der Waals surface area contributed by atoms with Crippen LogP contribution >= 0.6 is 0 Å². The largest absolute Gasteiger partial charge is 0.343 e. The van der Waals surface area contributed by atoms with Gasteiger partial charge in [-0.25, -0.2) is 13.8 Å². The predicted octanol–water partition coefficient (Wildman–Crippen LogP) is 2.05. The first-order valence-electron chi connectivity index (χ1n) is 10.1. The first-order valence-corrected chi connectivity index (χ1v) is 11.6. The summed E-state index contributed by atoms with van der Waals surface area (Å²) in [6.07, 6.45) is 4.27. The molecule has 0 spiro atoms. The molecule has 0 atom stereocenters. The van der Waals surface area contributed by atoms with Crippen molar-refractivity contribution >= 4 is 28.1 Å². The van der Waals surface area contributed by atoms with Crippen LogP contribution in [0.15, 0.2) is 58.5 Å². The lowest BCUT2D eigenvalue weighted by molar-refractivity contribution is -0.120. The fourth-order valence-electron chi connectivity index (χ4n) is 3.17. The van der Waals surface area contributed by atoms with Crippen LogP contribution in [0.3, 0.4) is 0 Å². The molecule has 2 aromatic carbocycles. The molecule has 9 heteroatoms. The second-order valence-corrected chi connectivity index (χ2v) is 9.31. The molecule has 0 aliphatic carbocycles. The zero-order valence-corrected chi connectivity index (χ0v) is 18.2. The van der Waals surface area contributed by atoms with Crippen molar-refractivity contribution in [1.29, 1.82) is 0 Å². The van der Waals surface area contributed by atoms with Gasteiger partial charge in [-0.3, -0.25) is 9.59 Å². The third-order valence-corrected chi connectivity index (χ3v) is 6.87. The number of nitrogens with one attached hydrogen (secondary N) is 2. The summed E-state index contributed by atoms with van der Waals surface area (Å²) in [5.41, 5.74) is 4.59. The minimum atomic E-state index is -3.54. The Bertz CT molecular complexity index is 1040. The smallest absolute Gasteiger partial charge is 0.259 e. The quantitative estimate of drug-likeness (QED) is 0.505. The highest BCUT2D eigenvalue weighted by atomic mass is 32.2. The number of hydrogen-bond acceptors (Lipinski definition) is 5. The topological polar surface area (TPSA) is 108 Å². The summed E-state index contributed by atoms with van der Waals surface area (Å²) in [4.78, 5) is 24.3. The fraction of sp³-hybridized carbons (Fsp3) is 0.318. The molecule has 1 aliphatic heterocycles. The summed E-state index contributed by atoms with van der Waals surface area (Å²) in [5.74, 6) is -0.944. The molecule has 31 heavy (non-hydrogen) atoms. The van der Waals surface area contributed by atoms with Crippen LogP contribution in [0.4, 0.5) is 0 Å². The highest BCUT2D eigenvalue weighted by Crippen LogP contribution is 2.20. The summed E-state index contributed by atoms with van der Waals surface area (Å²) in [6.45, 7) is 2.77. The average molecular weight is 443 g/mol. The van der Waals surface area contributed by atoms with Gasteiger partial charge in [-0.1, -0.05) is 36.2 Å². The van der Waals surface area contributed by atoms with E-state index in [-0.39, 0.29) is 17.0 Å². The van der Waals surface area contributed by atoms with Crippen molar-refractivity contribution in [2.45, 2.75) is 31.1 Å². The molecule has 0 aromatic heterocycles. The Morgan fingerprint density at radius 3 is 2.29 bits per heavy atom. The van der Waals surface area contributed by atoms with Gasteiger partial charge in [0.25, 0.3) is 11.8 Å². The second kappa shape index (κ2) is 10.3. The van der Waals surface area contributed by atoms with Gasteiger partial charge < -0.3 is 5.32 Å². The number of aryl methyl sites for hydroxylation is 1. The Kier molecular flexibility index (Phi) is 7.54. The van der Waals surface area contributed by atoms with E-state index >= 15 is 0 Å². The lowest BCUT2D eigenvalue weighted by Gasteiger charge is -2.25. The van der Waals surface area contributed by atoms with E-state index < -0.39 is 21.8 Å². The summed E-state index contributed by atoms with van der Waals surface area (Å²) in [5, 5.41) is 6.35. The second-order valence-electron chi connectivity index (χ2n) is 7.38. The monoisotopic (exact) mass is 442 g/mol. The summed E-state index contributed by atoms with van der Waals surface area (Å²) in [7, 11) is -3.54. The number of rotatable bonds is 7. The molecule has 2 N–H and O–H groups in total. The Hall–Kier alpha value is -3.04. The lowest BCUT2D eigenvalue weighted by Crippen LogP contribution is -2.36. The maximum atomic E-state index is 12.7. The van der Waals surface area contributed by atoms with Crippen molar-refractivity contribution in [2.24, 2.45) is 5.10 Å². The van der Waals surface area contributed by atoms with Crippen molar-refractivity contribution in [3.8, 4) is 0 Å². The minimum absolute atomic E-state index is 0.161. The number of amides is 2. The molecule has 0 unspecified atom stereocenters. The van der Waals surface area contributed by atoms with Gasteiger partial charge in [0, 0.05) is 18.7 Å². The Labute approximate surface area is 182 Å². The van der Waals surface area contributed by atoms with Gasteiger partial charge in [0.15, 0.2) is 0 Å². The molecule has 8 nitrogen and oxygen atoms in total. The molecule has 1 heterocycles. The number of hydrogen-bond donors (Lipinski definition) is 2. The van der Waals surface area contributed by atoms with Crippen molar-refractivity contribution in [2.75, 3.05) is 19.6 Å². The van der Waals surface area contributed by atoms with E-state index in [0.29, 0.717) is 13.1 Å². The number of piperidine rings is 1. The molecule has 1 fully saturated rings. The summed E-state index contributed by atoms with van der Waals surface area (Å²) >= 11 is 0. The van der Waals surface area contributed by atoms with Gasteiger partial charge in [-0.15, -0.1) is 0 Å². The third kappa shape index (κ3) is 6.22. The average Bonchev–Trinajstić information content (AvgIpc) is 2.79. The summed E-state index contributed by atoms with van der Waals surface area (Å²) < 4.78 is 26.8.